The summed E-state index contributed by atoms with van der Waals surface area (Å²) in [7, 11) is 3.28. The molecule has 0 aliphatic carbocycles. The van der Waals surface area contributed by atoms with Crippen molar-refractivity contribution < 1.29 is 9.47 Å². The maximum atomic E-state index is 5.55. The number of tetrazole rings is 1. The summed E-state index contributed by atoms with van der Waals surface area (Å²) in [6.45, 7) is 0. The molecule has 1 atom stereocenters. The summed E-state index contributed by atoms with van der Waals surface area (Å²) in [6, 6.07) is 13.5. The van der Waals surface area contributed by atoms with Gasteiger partial charge in [0.25, 0.3) is 0 Å². The van der Waals surface area contributed by atoms with Gasteiger partial charge in [0, 0.05) is 15.7 Å². The highest BCUT2D eigenvalue weighted by Crippen LogP contribution is 2.37. The zero-order chi connectivity index (χ0) is 18.1. The lowest BCUT2D eigenvalue weighted by Crippen LogP contribution is -2.20. The van der Waals surface area contributed by atoms with Crippen molar-refractivity contribution in [1.29, 1.82) is 0 Å². The van der Waals surface area contributed by atoms with Crippen LogP contribution < -0.4 is 14.8 Å². The first-order valence-corrected chi connectivity index (χ1v) is 8.73. The summed E-state index contributed by atoms with van der Waals surface area (Å²) in [5.74, 6) is 2.05. The molecule has 1 aromatic heterocycles. The van der Waals surface area contributed by atoms with E-state index in [2.05, 4.69) is 42.8 Å². The van der Waals surface area contributed by atoms with Gasteiger partial charge < -0.3 is 14.8 Å². The molecule has 8 heteroatoms. The molecule has 132 valence electrons. The Morgan fingerprint density at radius 3 is 2.62 bits per heavy atom. The number of allylic oxidation sites excluding steroid dienone is 1. The van der Waals surface area contributed by atoms with Crippen molar-refractivity contribution in [2.24, 2.45) is 0 Å². The number of fused-ring (bicyclic) bond motifs is 1. The average molecular weight is 414 g/mol. The van der Waals surface area contributed by atoms with E-state index in [0.29, 0.717) is 5.95 Å². The van der Waals surface area contributed by atoms with E-state index in [1.807, 2.05) is 42.5 Å². The van der Waals surface area contributed by atoms with Crippen LogP contribution in [0.25, 0.3) is 5.70 Å². The first kappa shape index (κ1) is 16.6. The highest BCUT2D eigenvalue weighted by atomic mass is 79.9. The number of halogens is 1. The van der Waals surface area contributed by atoms with Crippen LogP contribution in [0.15, 0.2) is 53.0 Å². The number of benzene rings is 2. The van der Waals surface area contributed by atoms with E-state index in [0.717, 1.165) is 32.8 Å². The molecule has 2 heterocycles. The van der Waals surface area contributed by atoms with Gasteiger partial charge in [0.15, 0.2) is 0 Å². The molecule has 0 radical (unpaired) electrons. The molecular weight excluding hydrogens is 398 g/mol. The van der Waals surface area contributed by atoms with Crippen LogP contribution in [0.5, 0.6) is 11.5 Å². The Morgan fingerprint density at radius 2 is 1.88 bits per heavy atom. The largest absolute Gasteiger partial charge is 0.497 e. The summed E-state index contributed by atoms with van der Waals surface area (Å²) in [4.78, 5) is 0. The van der Waals surface area contributed by atoms with Crippen molar-refractivity contribution in [2.75, 3.05) is 19.5 Å². The van der Waals surface area contributed by atoms with E-state index in [-0.39, 0.29) is 6.04 Å². The van der Waals surface area contributed by atoms with E-state index in [1.165, 1.54) is 0 Å². The molecule has 0 saturated carbocycles. The predicted molar refractivity (Wildman–Crippen MR) is 101 cm³/mol. The monoisotopic (exact) mass is 413 g/mol. The fourth-order valence-electron chi connectivity index (χ4n) is 2.94. The molecule has 1 aliphatic heterocycles. The summed E-state index contributed by atoms with van der Waals surface area (Å²) in [5, 5.41) is 15.3. The van der Waals surface area contributed by atoms with E-state index < -0.39 is 0 Å². The van der Waals surface area contributed by atoms with Crippen molar-refractivity contribution >= 4 is 27.6 Å². The second-order valence-electron chi connectivity index (χ2n) is 5.71. The molecule has 7 nitrogen and oxygen atoms in total. The van der Waals surface area contributed by atoms with Gasteiger partial charge in [0.1, 0.15) is 17.5 Å². The van der Waals surface area contributed by atoms with Crippen LogP contribution in [0.1, 0.15) is 17.2 Å². The number of aromatic nitrogens is 4. The lowest BCUT2D eigenvalue weighted by Gasteiger charge is -2.25. The van der Waals surface area contributed by atoms with Gasteiger partial charge in [-0.15, -0.1) is 0 Å². The fraction of sp³-hybridized carbons (Fsp3) is 0.167. The molecule has 0 amide bonds. The van der Waals surface area contributed by atoms with Gasteiger partial charge in [-0.1, -0.05) is 33.2 Å². The second kappa shape index (κ2) is 6.80. The zero-order valence-electron chi connectivity index (χ0n) is 14.2. The van der Waals surface area contributed by atoms with Crippen LogP contribution in [0.4, 0.5) is 5.95 Å². The number of ether oxygens (including phenoxy) is 2. The van der Waals surface area contributed by atoms with Gasteiger partial charge in [-0.3, -0.25) is 0 Å². The highest BCUT2D eigenvalue weighted by Gasteiger charge is 2.27. The molecule has 1 N–H and O–H groups in total. The number of anilines is 1. The third kappa shape index (κ3) is 2.92. The molecule has 0 spiro atoms. The van der Waals surface area contributed by atoms with Crippen LogP contribution in [-0.4, -0.2) is 34.4 Å². The normalized spacial score (nSPS) is 15.7. The molecule has 0 fully saturated rings. The van der Waals surface area contributed by atoms with Crippen molar-refractivity contribution in [3.8, 4) is 11.5 Å². The first-order chi connectivity index (χ1) is 12.7. The number of rotatable bonds is 4. The SMILES string of the molecule is COc1ccc(OC)c(C2C=C(c3ccc(Br)cc3)Nc3nnnn32)c1. The Kier molecular flexibility index (Phi) is 4.34. The zero-order valence-corrected chi connectivity index (χ0v) is 15.8. The van der Waals surface area contributed by atoms with Crippen LogP contribution >= 0.6 is 15.9 Å². The minimum absolute atomic E-state index is 0.232. The third-order valence-corrected chi connectivity index (χ3v) is 4.77. The maximum Gasteiger partial charge on any atom is 0.248 e. The molecule has 1 aliphatic rings. The molecule has 4 rings (SSSR count). The minimum atomic E-state index is -0.232. The van der Waals surface area contributed by atoms with E-state index >= 15 is 0 Å². The third-order valence-electron chi connectivity index (χ3n) is 4.24. The van der Waals surface area contributed by atoms with Gasteiger partial charge in [0.05, 0.1) is 14.2 Å². The number of methoxy groups -OCH3 is 2. The Balaban J connectivity index is 1.85. The van der Waals surface area contributed by atoms with Crippen LogP contribution in [0.3, 0.4) is 0 Å². The van der Waals surface area contributed by atoms with Crippen molar-refractivity contribution in [3.63, 3.8) is 0 Å². The highest BCUT2D eigenvalue weighted by molar-refractivity contribution is 9.10. The lowest BCUT2D eigenvalue weighted by molar-refractivity contribution is 0.393. The van der Waals surface area contributed by atoms with E-state index in [1.54, 1.807) is 18.9 Å². The molecule has 2 aromatic carbocycles. The van der Waals surface area contributed by atoms with E-state index in [4.69, 9.17) is 9.47 Å². The number of hydrogen-bond donors (Lipinski definition) is 1. The Morgan fingerprint density at radius 1 is 1.08 bits per heavy atom. The van der Waals surface area contributed by atoms with Crippen molar-refractivity contribution in [3.05, 3.63) is 64.1 Å². The van der Waals surface area contributed by atoms with Gasteiger partial charge in [-0.05, 0) is 52.4 Å². The molecule has 26 heavy (non-hydrogen) atoms. The average Bonchev–Trinajstić information content (AvgIpc) is 3.16. The summed E-state index contributed by atoms with van der Waals surface area (Å²) in [5.41, 5.74) is 2.88. The Labute approximate surface area is 158 Å². The summed E-state index contributed by atoms with van der Waals surface area (Å²) >= 11 is 3.47. The van der Waals surface area contributed by atoms with Crippen LogP contribution in [-0.2, 0) is 0 Å². The smallest absolute Gasteiger partial charge is 0.248 e. The maximum absolute atomic E-state index is 5.55. The summed E-state index contributed by atoms with van der Waals surface area (Å²) < 4.78 is 13.7. The fourth-order valence-corrected chi connectivity index (χ4v) is 3.21. The topological polar surface area (TPSA) is 74.1 Å². The van der Waals surface area contributed by atoms with Gasteiger partial charge in [0.2, 0.25) is 5.95 Å². The summed E-state index contributed by atoms with van der Waals surface area (Å²) in [6.07, 6.45) is 2.07. The Hall–Kier alpha value is -2.87. The van der Waals surface area contributed by atoms with Gasteiger partial charge in [-0.2, -0.15) is 4.68 Å². The standard InChI is InChI=1S/C18H16BrN5O2/c1-25-13-7-8-17(26-2)14(9-13)16-10-15(11-3-5-12(19)6-4-11)20-18-21-22-23-24(16)18/h3-10,16H,1-2H3,(H,20,21,23). The first-order valence-electron chi connectivity index (χ1n) is 7.94. The molecule has 0 bridgehead atoms. The molecule has 1 unspecified atom stereocenters. The molecular formula is C18H16BrN5O2. The minimum Gasteiger partial charge on any atom is -0.497 e. The molecule has 0 saturated heterocycles. The predicted octanol–water partition coefficient (Wildman–Crippen LogP) is 3.51. The van der Waals surface area contributed by atoms with Crippen LogP contribution in [0.2, 0.25) is 0 Å². The van der Waals surface area contributed by atoms with Crippen LogP contribution in [0, 0.1) is 0 Å². The number of hydrogen-bond acceptors (Lipinski definition) is 6. The van der Waals surface area contributed by atoms with Gasteiger partial charge in [-0.25, -0.2) is 0 Å². The number of nitrogens with one attached hydrogen (secondary N) is 1. The Bertz CT molecular complexity index is 968. The lowest BCUT2D eigenvalue weighted by atomic mass is 10.0. The van der Waals surface area contributed by atoms with Crippen molar-refractivity contribution in [1.82, 2.24) is 20.2 Å². The number of nitrogens with zero attached hydrogens (tertiary/aromatic N) is 4. The molecule has 3 aromatic rings. The van der Waals surface area contributed by atoms with E-state index in [9.17, 15) is 0 Å². The van der Waals surface area contributed by atoms with Crippen molar-refractivity contribution in [2.45, 2.75) is 6.04 Å². The van der Waals surface area contributed by atoms with Gasteiger partial charge >= 0.3 is 0 Å². The second-order valence-corrected chi connectivity index (χ2v) is 6.63. The quantitative estimate of drug-likeness (QED) is 0.705.